The molecule has 0 atom stereocenters. The Morgan fingerprint density at radius 3 is 1.00 bits per heavy atom. The van der Waals surface area contributed by atoms with E-state index in [0.717, 1.165) is 6.92 Å². The molecule has 0 aromatic rings. The van der Waals surface area contributed by atoms with Crippen LogP contribution < -0.4 is 0 Å². The van der Waals surface area contributed by atoms with Gasteiger partial charge in [0.2, 0.25) is 0 Å². The van der Waals surface area contributed by atoms with Crippen molar-refractivity contribution >= 4 is 5.97 Å². The van der Waals surface area contributed by atoms with Gasteiger partial charge in [-0.15, -0.1) is 0 Å². The SMILES string of the molecule is CC(=O)O.O.O.O.O.O.[Yb]. The molecule has 0 bridgehead atoms. The van der Waals surface area contributed by atoms with Gasteiger partial charge in [-0.2, -0.15) is 0 Å². The van der Waals surface area contributed by atoms with Crippen molar-refractivity contribution in [1.29, 1.82) is 0 Å². The van der Waals surface area contributed by atoms with Crippen LogP contribution in [-0.4, -0.2) is 38.5 Å². The number of hydrogen-bond donors (Lipinski definition) is 1. The maximum Gasteiger partial charge on any atom is 0.300 e. The Morgan fingerprint density at radius 1 is 1.00 bits per heavy atom. The third-order valence-electron chi connectivity index (χ3n) is 0. The van der Waals surface area contributed by atoms with E-state index in [9.17, 15) is 0 Å². The summed E-state index contributed by atoms with van der Waals surface area (Å²) in [6, 6.07) is 0. The third-order valence-corrected chi connectivity index (χ3v) is 0. The number of carbonyl (C=O) groups is 1. The van der Waals surface area contributed by atoms with Gasteiger partial charge in [0.05, 0.1) is 0 Å². The second-order valence-electron chi connectivity index (χ2n) is 0.519. The first-order valence-electron chi connectivity index (χ1n) is 0.928. The second kappa shape index (κ2) is 52.7. The molecule has 0 saturated heterocycles. The van der Waals surface area contributed by atoms with Crippen LogP contribution in [0.1, 0.15) is 6.92 Å². The normalized spacial score (nSPS) is 2.50. The van der Waals surface area contributed by atoms with E-state index < -0.39 is 5.97 Å². The molecule has 0 heterocycles. The zero-order valence-corrected chi connectivity index (χ0v) is 6.84. The van der Waals surface area contributed by atoms with Crippen LogP contribution in [0, 0.1) is 46.9 Å². The van der Waals surface area contributed by atoms with Gasteiger partial charge < -0.3 is 32.5 Å². The molecule has 0 amide bonds. The van der Waals surface area contributed by atoms with Crippen LogP contribution in [0.25, 0.3) is 0 Å². The van der Waals surface area contributed by atoms with Crippen LogP contribution in [0.3, 0.4) is 0 Å². The molecule has 0 unspecified atom stereocenters. The average molecular weight is 323 g/mol. The zero-order valence-electron chi connectivity index (χ0n) is 5.12. The maximum atomic E-state index is 9.00. The van der Waals surface area contributed by atoms with Crippen molar-refractivity contribution in [2.45, 2.75) is 6.92 Å². The molecule has 11 N–H and O–H groups in total. The van der Waals surface area contributed by atoms with Crippen molar-refractivity contribution < 1.29 is 84.2 Å². The van der Waals surface area contributed by atoms with E-state index >= 15 is 0 Å². The van der Waals surface area contributed by atoms with E-state index in [-0.39, 0.29) is 74.3 Å². The summed E-state index contributed by atoms with van der Waals surface area (Å²) in [7, 11) is 0. The summed E-state index contributed by atoms with van der Waals surface area (Å²) in [6.45, 7) is 1.08. The summed E-state index contributed by atoms with van der Waals surface area (Å²) in [5.74, 6) is -0.833. The van der Waals surface area contributed by atoms with Gasteiger partial charge >= 0.3 is 0 Å². The zero-order chi connectivity index (χ0) is 3.58. The number of aliphatic carboxylic acids is 1. The Bertz CT molecular complexity index is 34.6. The van der Waals surface area contributed by atoms with Gasteiger partial charge in [0.1, 0.15) is 0 Å². The molecule has 78 valence electrons. The average Bonchev–Trinajstić information content (AvgIpc) is 0.811. The first-order valence-corrected chi connectivity index (χ1v) is 0.928. The van der Waals surface area contributed by atoms with E-state index in [0.29, 0.717) is 0 Å². The smallest absolute Gasteiger partial charge is 0.300 e. The summed E-state index contributed by atoms with van der Waals surface area (Å²) in [5.41, 5.74) is 0. The molecule has 10 heavy (non-hydrogen) atoms. The Labute approximate surface area is 96.2 Å². The van der Waals surface area contributed by atoms with Gasteiger partial charge in [-0.1, -0.05) is 0 Å². The Balaban J connectivity index is -0.00000000300. The molecule has 0 aliphatic carbocycles. The van der Waals surface area contributed by atoms with Crippen LogP contribution in [-0.2, 0) is 4.79 Å². The first kappa shape index (κ1) is 72.0. The van der Waals surface area contributed by atoms with Gasteiger partial charge in [0.15, 0.2) is 0 Å². The predicted octanol–water partition coefficient (Wildman–Crippen LogP) is -4.03. The molecule has 0 radical (unpaired) electrons. The standard InChI is InChI=1S/C2H4O2.5H2O.Yb/c1-2(3)4;;;;;;/h1H3,(H,3,4);5*1H2;. The minimum Gasteiger partial charge on any atom is -0.481 e. The Hall–Kier alpha value is 0.789. The monoisotopic (exact) mass is 324 g/mol. The minimum absolute atomic E-state index is 0. The fourth-order valence-corrected chi connectivity index (χ4v) is 0. The van der Waals surface area contributed by atoms with Crippen molar-refractivity contribution in [3.05, 3.63) is 0 Å². The molecule has 0 aliphatic heterocycles. The topological polar surface area (TPSA) is 195 Å². The van der Waals surface area contributed by atoms with E-state index in [1.54, 1.807) is 0 Å². The Kier molecular flexibility index (Phi) is 379. The van der Waals surface area contributed by atoms with E-state index in [1.165, 1.54) is 0 Å². The summed E-state index contributed by atoms with van der Waals surface area (Å²) in [4.78, 5) is 9.00. The molecule has 0 aliphatic rings. The first-order chi connectivity index (χ1) is 1.73. The number of carboxylic acids is 1. The van der Waals surface area contributed by atoms with E-state index in [2.05, 4.69) is 0 Å². The van der Waals surface area contributed by atoms with Gasteiger partial charge in [0.25, 0.3) is 5.97 Å². The van der Waals surface area contributed by atoms with Crippen LogP contribution in [0.2, 0.25) is 0 Å². The molecule has 0 fully saturated rings. The fraction of sp³-hybridized carbons (Fsp3) is 0.500. The van der Waals surface area contributed by atoms with Gasteiger partial charge in [-0.05, 0) is 0 Å². The summed E-state index contributed by atoms with van der Waals surface area (Å²) < 4.78 is 0. The van der Waals surface area contributed by atoms with Crippen molar-refractivity contribution in [3.8, 4) is 0 Å². The van der Waals surface area contributed by atoms with E-state index in [1.807, 2.05) is 0 Å². The van der Waals surface area contributed by atoms with Gasteiger partial charge in [0, 0.05) is 53.8 Å². The number of rotatable bonds is 0. The van der Waals surface area contributed by atoms with Crippen molar-refractivity contribution in [2.24, 2.45) is 0 Å². The summed E-state index contributed by atoms with van der Waals surface area (Å²) in [6.07, 6.45) is 0. The third kappa shape index (κ3) is 856. The predicted molar refractivity (Wildman–Crippen MR) is 31.4 cm³/mol. The molecular formula is C2H14O7Yb. The van der Waals surface area contributed by atoms with Crippen molar-refractivity contribution in [2.75, 3.05) is 0 Å². The van der Waals surface area contributed by atoms with Gasteiger partial charge in [-0.3, -0.25) is 4.79 Å². The Morgan fingerprint density at radius 2 is 1.00 bits per heavy atom. The minimum atomic E-state index is -0.833. The molecule has 8 heteroatoms. The molecule has 0 spiro atoms. The van der Waals surface area contributed by atoms with Crippen LogP contribution in [0.15, 0.2) is 0 Å². The molecular weight excluding hydrogens is 309 g/mol. The molecule has 0 saturated carbocycles. The largest absolute Gasteiger partial charge is 0.481 e. The molecule has 0 aromatic carbocycles. The van der Waals surface area contributed by atoms with E-state index in [4.69, 9.17) is 9.90 Å². The van der Waals surface area contributed by atoms with Crippen LogP contribution in [0.4, 0.5) is 0 Å². The second-order valence-corrected chi connectivity index (χ2v) is 0.519. The fourth-order valence-electron chi connectivity index (χ4n) is 0. The number of carboxylic acid groups (broad SMARTS) is 1. The maximum absolute atomic E-state index is 9.00. The molecule has 0 rings (SSSR count). The summed E-state index contributed by atoms with van der Waals surface area (Å²) >= 11 is 0. The van der Waals surface area contributed by atoms with Crippen molar-refractivity contribution in [3.63, 3.8) is 0 Å². The van der Waals surface area contributed by atoms with Crippen LogP contribution >= 0.6 is 0 Å². The van der Waals surface area contributed by atoms with Crippen molar-refractivity contribution in [1.82, 2.24) is 0 Å². The summed E-state index contributed by atoms with van der Waals surface area (Å²) in [5, 5.41) is 7.42. The molecule has 0 aromatic heterocycles. The molecule has 7 nitrogen and oxygen atoms in total. The quantitative estimate of drug-likeness (QED) is 0.474. The van der Waals surface area contributed by atoms with Crippen LogP contribution in [0.5, 0.6) is 0 Å². The van der Waals surface area contributed by atoms with Gasteiger partial charge in [-0.25, -0.2) is 0 Å². The number of hydrogen-bond acceptors (Lipinski definition) is 1.